The zero-order valence-corrected chi connectivity index (χ0v) is 45.0. The summed E-state index contributed by atoms with van der Waals surface area (Å²) in [4.78, 5) is 31.2. The van der Waals surface area contributed by atoms with Crippen LogP contribution in [0.25, 0.3) is 0 Å². The van der Waals surface area contributed by atoms with Crippen LogP contribution in [-0.4, -0.2) is 230 Å². The number of hydrogen-bond donors (Lipinski definition) is 0. The second-order valence-corrected chi connectivity index (χ2v) is 17.1. The third kappa shape index (κ3) is 23.5. The van der Waals surface area contributed by atoms with Gasteiger partial charge in [-0.1, -0.05) is 55.0 Å². The van der Waals surface area contributed by atoms with Crippen LogP contribution in [0, 0.1) is 49.4 Å². The number of hydrogen-bond acceptors (Lipinski definition) is 23. The number of amides is 2. The first kappa shape index (κ1) is 61.9. The van der Waals surface area contributed by atoms with Crippen LogP contribution in [0.15, 0.2) is 37.2 Å². The van der Waals surface area contributed by atoms with Crippen LogP contribution in [0.4, 0.5) is 0 Å². The van der Waals surface area contributed by atoms with E-state index >= 15 is 0 Å². The van der Waals surface area contributed by atoms with E-state index in [0.717, 1.165) is 0 Å². The maximum atomic E-state index is 14.0. The molecule has 432 valence electrons. The Morgan fingerprint density at radius 3 is 0.889 bits per heavy atom. The Hall–Kier alpha value is -8.34. The summed E-state index contributed by atoms with van der Waals surface area (Å²) in [7, 11) is 0. The summed E-state index contributed by atoms with van der Waals surface area (Å²) in [6.45, 7) is 7.92. The lowest BCUT2D eigenvalue weighted by molar-refractivity contribution is 0.0506. The van der Waals surface area contributed by atoms with Gasteiger partial charge in [0.2, 0.25) is 0 Å². The van der Waals surface area contributed by atoms with Crippen molar-refractivity contribution in [3.63, 3.8) is 0 Å². The van der Waals surface area contributed by atoms with E-state index in [1.807, 2.05) is 0 Å². The smallest absolute Gasteiger partial charge is 0.276 e. The van der Waals surface area contributed by atoms with Gasteiger partial charge in [0.05, 0.1) is 169 Å². The molecule has 81 heavy (non-hydrogen) atoms. The predicted octanol–water partition coefficient (Wildman–Crippen LogP) is -1.70. The monoisotopic (exact) mass is 1120 g/mol. The highest BCUT2D eigenvalue weighted by molar-refractivity contribution is 5.92. The lowest BCUT2D eigenvalue weighted by Crippen LogP contribution is -2.37. The van der Waals surface area contributed by atoms with Crippen molar-refractivity contribution >= 4 is 11.8 Å². The fourth-order valence-corrected chi connectivity index (χ4v) is 7.03. The Morgan fingerprint density at radius 1 is 0.346 bits per heavy atom. The third-order valence-electron chi connectivity index (χ3n) is 11.0. The van der Waals surface area contributed by atoms with E-state index in [4.69, 9.17) is 68.3 Å². The van der Waals surface area contributed by atoms with Gasteiger partial charge in [-0.15, -0.1) is 56.3 Å². The molecule has 6 aromatic rings. The number of rotatable bonds is 44. The molecular weight excluding hydrogens is 1060 g/mol. The minimum absolute atomic E-state index is 0.133. The van der Waals surface area contributed by atoms with Gasteiger partial charge in [-0.2, -0.15) is 0 Å². The van der Waals surface area contributed by atoms with E-state index in [-0.39, 0.29) is 115 Å². The van der Waals surface area contributed by atoms with Crippen LogP contribution < -0.4 is 0 Å². The van der Waals surface area contributed by atoms with Crippen molar-refractivity contribution in [2.75, 3.05) is 119 Å². The minimum atomic E-state index is -0.357. The van der Waals surface area contributed by atoms with Crippen LogP contribution in [0.5, 0.6) is 0 Å². The molecule has 0 aliphatic rings. The standard InChI is InChI=1S/C50H66N20O11/c1-5-19-73-25-29-78-39-43-33-65(57-51-43)13-9-63(10-14-66-34-44(52-58-66)40-79-30-26-74-20-6-2)49(71)47-37-69(61-55-47)17-23-77-24-18-70-38-48(56-62-70)50(72)64(11-15-67-35-45(53-59-67)41-80-31-27-75-21-7-3)12-16-68-36-46(54-60-68)42-81-32-28-76-22-8-4/h1-4,33-38H,9-32,39-42H2. The molecule has 6 rings (SSSR count). The van der Waals surface area contributed by atoms with Crippen LogP contribution >= 0.6 is 0 Å². The molecule has 0 atom stereocenters. The van der Waals surface area contributed by atoms with Gasteiger partial charge in [0.15, 0.2) is 11.4 Å². The second-order valence-electron chi connectivity index (χ2n) is 17.1. The van der Waals surface area contributed by atoms with E-state index in [1.54, 1.807) is 65.7 Å². The van der Waals surface area contributed by atoms with Crippen molar-refractivity contribution in [2.24, 2.45) is 0 Å². The topological polar surface area (TPSA) is 308 Å². The van der Waals surface area contributed by atoms with E-state index in [0.29, 0.717) is 115 Å². The molecule has 2 amide bonds. The Labute approximate surface area is 467 Å². The average molecular weight is 1120 g/mol. The molecule has 31 heteroatoms. The number of ether oxygens (including phenoxy) is 9. The fourth-order valence-electron chi connectivity index (χ4n) is 7.03. The number of terminal acetylenes is 4. The molecule has 0 unspecified atom stereocenters. The highest BCUT2D eigenvalue weighted by Crippen LogP contribution is 2.08. The highest BCUT2D eigenvalue weighted by Gasteiger charge is 2.22. The maximum absolute atomic E-state index is 14.0. The zero-order chi connectivity index (χ0) is 57.0. The number of carbonyl (C=O) groups excluding carboxylic acids is 2. The molecule has 0 spiro atoms. The number of nitrogens with zero attached hydrogens (tertiary/aromatic N) is 20. The minimum Gasteiger partial charge on any atom is -0.378 e. The van der Waals surface area contributed by atoms with Gasteiger partial charge < -0.3 is 52.4 Å². The van der Waals surface area contributed by atoms with Crippen LogP contribution in [0.2, 0.25) is 0 Å². The van der Waals surface area contributed by atoms with Crippen molar-refractivity contribution in [1.29, 1.82) is 0 Å². The summed E-state index contributed by atoms with van der Waals surface area (Å²) in [5, 5.41) is 50.3. The van der Waals surface area contributed by atoms with Crippen molar-refractivity contribution < 1.29 is 52.2 Å². The molecule has 0 aliphatic heterocycles. The Kier molecular flexibility index (Phi) is 28.1. The Balaban J connectivity index is 0.982. The van der Waals surface area contributed by atoms with Gasteiger partial charge in [-0.25, -0.2) is 9.36 Å². The molecular formula is C50H66N20O11. The van der Waals surface area contributed by atoms with Crippen LogP contribution in [-0.2, 0) is 108 Å². The average Bonchev–Trinajstić information content (AvgIpc) is 4.39. The van der Waals surface area contributed by atoms with Gasteiger partial charge in [0.25, 0.3) is 11.8 Å². The molecule has 0 N–H and O–H groups in total. The first-order valence-electron chi connectivity index (χ1n) is 25.7. The van der Waals surface area contributed by atoms with Gasteiger partial charge >= 0.3 is 0 Å². The molecule has 0 fully saturated rings. The summed E-state index contributed by atoms with van der Waals surface area (Å²) >= 11 is 0. The summed E-state index contributed by atoms with van der Waals surface area (Å²) < 4.78 is 58.8. The van der Waals surface area contributed by atoms with Gasteiger partial charge in [-0.3, -0.25) is 28.3 Å². The Bertz CT molecular complexity index is 2590. The van der Waals surface area contributed by atoms with Gasteiger partial charge in [0, 0.05) is 26.2 Å². The van der Waals surface area contributed by atoms with Crippen LogP contribution in [0.3, 0.4) is 0 Å². The summed E-state index contributed by atoms with van der Waals surface area (Å²) in [5.41, 5.74) is 2.72. The molecule has 0 saturated heterocycles. The van der Waals surface area contributed by atoms with E-state index in [1.165, 1.54) is 9.36 Å². The Morgan fingerprint density at radius 2 is 0.605 bits per heavy atom. The highest BCUT2D eigenvalue weighted by atomic mass is 16.5. The van der Waals surface area contributed by atoms with Crippen molar-refractivity contribution in [3.8, 4) is 49.4 Å². The summed E-state index contributed by atoms with van der Waals surface area (Å²) in [6, 6.07) is 0. The molecule has 6 aromatic heterocycles. The van der Waals surface area contributed by atoms with E-state index < -0.39 is 0 Å². The first-order chi connectivity index (χ1) is 39.8. The molecule has 31 nitrogen and oxygen atoms in total. The zero-order valence-electron chi connectivity index (χ0n) is 45.0. The fraction of sp³-hybridized carbons (Fsp3) is 0.560. The predicted molar refractivity (Wildman–Crippen MR) is 280 cm³/mol. The molecule has 0 aromatic carbocycles. The van der Waals surface area contributed by atoms with Gasteiger partial charge in [-0.05, 0) is 0 Å². The van der Waals surface area contributed by atoms with Gasteiger partial charge in [0.1, 0.15) is 49.2 Å². The largest absolute Gasteiger partial charge is 0.378 e. The number of aromatic nitrogens is 18. The third-order valence-corrected chi connectivity index (χ3v) is 11.0. The van der Waals surface area contributed by atoms with Crippen molar-refractivity contribution in [1.82, 2.24) is 99.8 Å². The summed E-state index contributed by atoms with van der Waals surface area (Å²) in [6.07, 6.45) is 31.0. The quantitative estimate of drug-likeness (QED) is 0.0304. The maximum Gasteiger partial charge on any atom is 0.276 e. The number of carbonyl (C=O) groups is 2. The second kappa shape index (κ2) is 36.8. The van der Waals surface area contributed by atoms with Crippen molar-refractivity contribution in [3.05, 3.63) is 71.3 Å². The SMILES string of the molecule is C#CCOCCOCc1cn(CCN(CCn2cc(COCCOCC#C)nn2)C(=O)c2cn(CCOCCn3cc(C(=O)N(CCn4cc(COCCOCC#C)nn4)CCn4cc(COCCOCC#C)nn4)nn3)nn2)nn1. The molecule has 0 bridgehead atoms. The van der Waals surface area contributed by atoms with E-state index in [9.17, 15) is 9.59 Å². The molecule has 6 heterocycles. The molecule has 0 aliphatic carbocycles. The lowest BCUT2D eigenvalue weighted by Gasteiger charge is -2.21. The normalized spacial score (nSPS) is 11.1. The first-order valence-corrected chi connectivity index (χ1v) is 25.7. The van der Waals surface area contributed by atoms with Crippen molar-refractivity contribution in [2.45, 2.75) is 65.7 Å². The molecule has 0 saturated carbocycles. The summed E-state index contributed by atoms with van der Waals surface area (Å²) in [5.74, 6) is 8.91. The van der Waals surface area contributed by atoms with E-state index in [2.05, 4.69) is 85.6 Å². The lowest BCUT2D eigenvalue weighted by atomic mass is 10.3. The molecule has 0 radical (unpaired) electrons. The van der Waals surface area contributed by atoms with Crippen LogP contribution in [0.1, 0.15) is 43.8 Å².